The summed E-state index contributed by atoms with van der Waals surface area (Å²) in [5, 5.41) is 2.71. The minimum atomic E-state index is -0.437. The van der Waals surface area contributed by atoms with Crippen LogP contribution in [-0.4, -0.2) is 24.5 Å². The van der Waals surface area contributed by atoms with E-state index in [2.05, 4.69) is 5.32 Å². The molecule has 0 aliphatic carbocycles. The van der Waals surface area contributed by atoms with Crippen LogP contribution in [0.15, 0.2) is 0 Å². The highest BCUT2D eigenvalue weighted by Crippen LogP contribution is 2.20. The van der Waals surface area contributed by atoms with Gasteiger partial charge < -0.3 is 10.1 Å². The molecule has 1 heterocycles. The lowest BCUT2D eigenvalue weighted by molar-refractivity contribution is -0.142. The highest BCUT2D eigenvalue weighted by molar-refractivity contribution is 5.88. The maximum atomic E-state index is 11.7. The average Bonchev–Trinajstić information content (AvgIpc) is 2.52. The molecular weight excluding hydrogens is 182 g/mol. The van der Waals surface area contributed by atoms with Crippen LogP contribution in [0.4, 0.5) is 0 Å². The maximum Gasteiger partial charge on any atom is 0.328 e. The fourth-order valence-corrected chi connectivity index (χ4v) is 1.14. The first kappa shape index (κ1) is 11.0. The Hall–Kier alpha value is -1.06. The fourth-order valence-electron chi connectivity index (χ4n) is 1.14. The summed E-state index contributed by atoms with van der Waals surface area (Å²) in [5.41, 5.74) is -0.414. The molecule has 14 heavy (non-hydrogen) atoms. The molecule has 0 radical (unpaired) electrons. The van der Waals surface area contributed by atoms with Gasteiger partial charge >= 0.3 is 5.97 Å². The minimum Gasteiger partial charge on any atom is -0.464 e. The molecule has 80 valence electrons. The van der Waals surface area contributed by atoms with E-state index in [-0.39, 0.29) is 11.9 Å². The zero-order chi connectivity index (χ0) is 10.8. The average molecular weight is 199 g/mol. The van der Waals surface area contributed by atoms with Gasteiger partial charge in [0.25, 0.3) is 0 Å². The van der Waals surface area contributed by atoms with Gasteiger partial charge in [-0.05, 0) is 6.42 Å². The van der Waals surface area contributed by atoms with Crippen molar-refractivity contribution in [1.82, 2.24) is 5.32 Å². The van der Waals surface area contributed by atoms with E-state index in [1.165, 1.54) is 0 Å². The third-order valence-corrected chi connectivity index (χ3v) is 2.74. The molecule has 0 aromatic carbocycles. The van der Waals surface area contributed by atoms with E-state index >= 15 is 0 Å². The highest BCUT2D eigenvalue weighted by atomic mass is 16.5. The standard InChI is InChI=1S/C10H17NO3/c1-4-10(2,3)9(13)11-7-5-6-14-8(7)12/h7H,4-6H2,1-3H3,(H,11,13). The lowest BCUT2D eigenvalue weighted by atomic mass is 9.89. The number of hydrogen-bond donors (Lipinski definition) is 1. The number of esters is 1. The molecule has 1 amide bonds. The van der Waals surface area contributed by atoms with Crippen molar-refractivity contribution >= 4 is 11.9 Å². The van der Waals surface area contributed by atoms with Crippen molar-refractivity contribution < 1.29 is 14.3 Å². The summed E-state index contributed by atoms with van der Waals surface area (Å²) >= 11 is 0. The molecule has 0 bridgehead atoms. The maximum absolute atomic E-state index is 11.7. The van der Waals surface area contributed by atoms with Crippen LogP contribution in [-0.2, 0) is 14.3 Å². The first-order valence-electron chi connectivity index (χ1n) is 4.95. The van der Waals surface area contributed by atoms with Crippen molar-refractivity contribution in [1.29, 1.82) is 0 Å². The van der Waals surface area contributed by atoms with Crippen molar-refractivity contribution in [3.05, 3.63) is 0 Å². The number of ether oxygens (including phenoxy) is 1. The number of amides is 1. The van der Waals surface area contributed by atoms with Gasteiger partial charge in [-0.25, -0.2) is 4.79 Å². The SMILES string of the molecule is CCC(C)(C)C(=O)NC1CCOC1=O. The number of cyclic esters (lactones) is 1. The van der Waals surface area contributed by atoms with E-state index in [0.717, 1.165) is 6.42 Å². The second-order valence-electron chi connectivity index (χ2n) is 4.22. The third kappa shape index (κ3) is 2.25. The molecule has 1 fully saturated rings. The van der Waals surface area contributed by atoms with Crippen LogP contribution in [0, 0.1) is 5.41 Å². The number of hydrogen-bond acceptors (Lipinski definition) is 3. The Morgan fingerprint density at radius 2 is 2.29 bits per heavy atom. The van der Waals surface area contributed by atoms with E-state index in [4.69, 9.17) is 4.74 Å². The monoisotopic (exact) mass is 199 g/mol. The number of carbonyl (C=O) groups excluding carboxylic acids is 2. The summed E-state index contributed by atoms with van der Waals surface area (Å²) in [6.45, 7) is 6.09. The van der Waals surface area contributed by atoms with Gasteiger partial charge in [0, 0.05) is 11.8 Å². The normalized spacial score (nSPS) is 21.9. The molecule has 0 spiro atoms. The summed E-state index contributed by atoms with van der Waals surface area (Å²) in [7, 11) is 0. The minimum absolute atomic E-state index is 0.0798. The predicted octanol–water partition coefficient (Wildman–Crippen LogP) is 0.854. The Morgan fingerprint density at radius 1 is 1.64 bits per heavy atom. The molecule has 4 nitrogen and oxygen atoms in total. The Morgan fingerprint density at radius 3 is 2.71 bits per heavy atom. The molecular formula is C10H17NO3. The van der Waals surface area contributed by atoms with Crippen LogP contribution in [0.3, 0.4) is 0 Å². The Kier molecular flexibility index (Phi) is 3.13. The molecule has 4 heteroatoms. The first-order chi connectivity index (χ1) is 6.47. The van der Waals surface area contributed by atoms with Gasteiger partial charge in [-0.15, -0.1) is 0 Å². The van der Waals surface area contributed by atoms with Crippen molar-refractivity contribution in [2.75, 3.05) is 6.61 Å². The van der Waals surface area contributed by atoms with Crippen molar-refractivity contribution in [3.8, 4) is 0 Å². The van der Waals surface area contributed by atoms with E-state index < -0.39 is 11.5 Å². The number of carbonyl (C=O) groups is 2. The quantitative estimate of drug-likeness (QED) is 0.686. The second-order valence-corrected chi connectivity index (χ2v) is 4.22. The van der Waals surface area contributed by atoms with Gasteiger partial charge in [0.15, 0.2) is 0 Å². The molecule has 0 saturated carbocycles. The van der Waals surface area contributed by atoms with Crippen LogP contribution in [0.25, 0.3) is 0 Å². The third-order valence-electron chi connectivity index (χ3n) is 2.74. The molecule has 0 aromatic rings. The lowest BCUT2D eigenvalue weighted by Crippen LogP contribution is -2.44. The van der Waals surface area contributed by atoms with Crippen LogP contribution in [0.5, 0.6) is 0 Å². The molecule has 1 saturated heterocycles. The molecule has 0 aromatic heterocycles. The van der Waals surface area contributed by atoms with Crippen LogP contribution in [0.1, 0.15) is 33.6 Å². The van der Waals surface area contributed by atoms with Gasteiger partial charge in [-0.1, -0.05) is 20.8 Å². The van der Waals surface area contributed by atoms with Crippen LogP contribution in [0.2, 0.25) is 0 Å². The predicted molar refractivity (Wildman–Crippen MR) is 51.6 cm³/mol. The van der Waals surface area contributed by atoms with E-state index in [9.17, 15) is 9.59 Å². The second kappa shape index (κ2) is 3.98. The first-order valence-corrected chi connectivity index (χ1v) is 4.95. The van der Waals surface area contributed by atoms with E-state index in [1.54, 1.807) is 0 Å². The molecule has 1 N–H and O–H groups in total. The fraction of sp³-hybridized carbons (Fsp3) is 0.800. The van der Waals surface area contributed by atoms with Crippen LogP contribution >= 0.6 is 0 Å². The van der Waals surface area contributed by atoms with E-state index in [0.29, 0.717) is 13.0 Å². The zero-order valence-electron chi connectivity index (χ0n) is 8.92. The smallest absolute Gasteiger partial charge is 0.328 e. The number of nitrogens with one attached hydrogen (secondary N) is 1. The van der Waals surface area contributed by atoms with Crippen molar-refractivity contribution in [2.24, 2.45) is 5.41 Å². The number of rotatable bonds is 3. The summed E-state index contributed by atoms with van der Waals surface area (Å²) in [5.74, 6) is -0.394. The Labute approximate surface area is 84.0 Å². The summed E-state index contributed by atoms with van der Waals surface area (Å²) in [6, 6.07) is -0.437. The molecule has 1 aliphatic heterocycles. The van der Waals surface area contributed by atoms with Gasteiger partial charge in [0.05, 0.1) is 6.61 Å². The molecule has 1 aliphatic rings. The van der Waals surface area contributed by atoms with Gasteiger partial charge in [-0.2, -0.15) is 0 Å². The summed E-state index contributed by atoms with van der Waals surface area (Å²) in [4.78, 5) is 22.8. The van der Waals surface area contributed by atoms with E-state index in [1.807, 2.05) is 20.8 Å². The van der Waals surface area contributed by atoms with Crippen LogP contribution < -0.4 is 5.32 Å². The van der Waals surface area contributed by atoms with Gasteiger partial charge in [0.2, 0.25) is 5.91 Å². The largest absolute Gasteiger partial charge is 0.464 e. The topological polar surface area (TPSA) is 55.4 Å². The lowest BCUT2D eigenvalue weighted by Gasteiger charge is -2.22. The summed E-state index contributed by atoms with van der Waals surface area (Å²) in [6.07, 6.45) is 1.34. The van der Waals surface area contributed by atoms with Gasteiger partial charge in [0.1, 0.15) is 6.04 Å². The summed E-state index contributed by atoms with van der Waals surface area (Å²) < 4.78 is 4.76. The van der Waals surface area contributed by atoms with Crippen molar-refractivity contribution in [3.63, 3.8) is 0 Å². The molecule has 1 atom stereocenters. The van der Waals surface area contributed by atoms with Gasteiger partial charge in [-0.3, -0.25) is 4.79 Å². The molecule has 1 rings (SSSR count). The Bertz CT molecular complexity index is 248. The van der Waals surface area contributed by atoms with Crippen molar-refractivity contribution in [2.45, 2.75) is 39.7 Å². The zero-order valence-corrected chi connectivity index (χ0v) is 8.92. The molecule has 1 unspecified atom stereocenters. The Balaban J connectivity index is 2.52. The highest BCUT2D eigenvalue weighted by Gasteiger charge is 2.33.